The lowest BCUT2D eigenvalue weighted by Crippen LogP contribution is -2.43. The Kier molecular flexibility index (Phi) is 6.99. The summed E-state index contributed by atoms with van der Waals surface area (Å²) in [4.78, 5) is 23.7. The predicted octanol–water partition coefficient (Wildman–Crippen LogP) is 2.10. The molecule has 3 aromatic rings. The maximum atomic E-state index is 13.5. The predicted molar refractivity (Wildman–Crippen MR) is 119 cm³/mol. The van der Waals surface area contributed by atoms with Crippen LogP contribution in [0.15, 0.2) is 59.5 Å². The zero-order valence-corrected chi connectivity index (χ0v) is 18.8. The minimum absolute atomic E-state index is 0.155. The van der Waals surface area contributed by atoms with E-state index >= 15 is 0 Å². The van der Waals surface area contributed by atoms with Crippen molar-refractivity contribution in [3.8, 4) is 16.9 Å². The molecule has 0 aliphatic heterocycles. The Bertz CT molecular complexity index is 1280. The highest BCUT2D eigenvalue weighted by molar-refractivity contribution is 7.90. The van der Waals surface area contributed by atoms with Crippen molar-refractivity contribution < 1.29 is 32.6 Å². The molecule has 0 spiro atoms. The smallest absolute Gasteiger partial charge is 0.328 e. The molecule has 1 atom stereocenters. The standard InChI is InChI=1S/C23H23FN2O6S/c1-14-16(12-22(28)25-20(13-27)23(29)30)11-21(26(14)18-7-5-17(24)6-8-18)15-3-9-19(10-4-15)33(2,31)32/h3-11,20,27H,12-13H2,1-2H3,(H,25,28)(H,29,30)/t20-/m0/s1. The number of carboxylic acids is 1. The number of aromatic nitrogens is 1. The summed E-state index contributed by atoms with van der Waals surface area (Å²) < 4.78 is 38.9. The molecule has 0 saturated carbocycles. The number of benzene rings is 2. The number of hydrogen-bond acceptors (Lipinski definition) is 5. The highest BCUT2D eigenvalue weighted by atomic mass is 32.2. The first-order chi connectivity index (χ1) is 15.5. The number of carboxylic acid groups (broad SMARTS) is 1. The molecule has 174 valence electrons. The van der Waals surface area contributed by atoms with Crippen molar-refractivity contribution in [2.45, 2.75) is 24.3 Å². The molecule has 33 heavy (non-hydrogen) atoms. The van der Waals surface area contributed by atoms with Crippen LogP contribution in [0.5, 0.6) is 0 Å². The minimum Gasteiger partial charge on any atom is -0.480 e. The maximum Gasteiger partial charge on any atom is 0.328 e. The van der Waals surface area contributed by atoms with Crippen LogP contribution >= 0.6 is 0 Å². The number of aliphatic hydroxyl groups excluding tert-OH is 1. The minimum atomic E-state index is -3.38. The first-order valence-electron chi connectivity index (χ1n) is 9.92. The number of sulfone groups is 1. The van der Waals surface area contributed by atoms with Gasteiger partial charge in [-0.25, -0.2) is 17.6 Å². The molecule has 0 bridgehead atoms. The fourth-order valence-electron chi connectivity index (χ4n) is 3.45. The van der Waals surface area contributed by atoms with Gasteiger partial charge in [0.25, 0.3) is 0 Å². The number of hydrogen-bond donors (Lipinski definition) is 3. The van der Waals surface area contributed by atoms with Crippen molar-refractivity contribution >= 4 is 21.7 Å². The van der Waals surface area contributed by atoms with E-state index in [1.807, 2.05) is 0 Å². The molecule has 0 unspecified atom stereocenters. The van der Waals surface area contributed by atoms with Crippen molar-refractivity contribution in [2.75, 3.05) is 12.9 Å². The molecule has 0 aliphatic carbocycles. The number of carbonyl (C=O) groups excluding carboxylic acids is 1. The number of amides is 1. The number of aliphatic carboxylic acids is 1. The van der Waals surface area contributed by atoms with Crippen LogP contribution in [-0.2, 0) is 25.8 Å². The van der Waals surface area contributed by atoms with Crippen LogP contribution in [0.3, 0.4) is 0 Å². The Morgan fingerprint density at radius 2 is 1.70 bits per heavy atom. The molecule has 3 rings (SSSR count). The number of halogens is 1. The monoisotopic (exact) mass is 474 g/mol. The fourth-order valence-corrected chi connectivity index (χ4v) is 4.08. The molecule has 1 heterocycles. The lowest BCUT2D eigenvalue weighted by molar-refractivity contribution is -0.142. The van der Waals surface area contributed by atoms with Crippen molar-refractivity contribution in [3.63, 3.8) is 0 Å². The van der Waals surface area contributed by atoms with Gasteiger partial charge < -0.3 is 20.1 Å². The van der Waals surface area contributed by atoms with E-state index in [9.17, 15) is 22.4 Å². The third kappa shape index (κ3) is 5.47. The van der Waals surface area contributed by atoms with E-state index in [-0.39, 0.29) is 11.3 Å². The number of nitrogens with zero attached hydrogens (tertiary/aromatic N) is 1. The Morgan fingerprint density at radius 3 is 2.21 bits per heavy atom. The molecule has 2 aromatic carbocycles. The van der Waals surface area contributed by atoms with E-state index < -0.39 is 40.2 Å². The van der Waals surface area contributed by atoms with E-state index in [2.05, 4.69) is 5.32 Å². The summed E-state index contributed by atoms with van der Waals surface area (Å²) >= 11 is 0. The van der Waals surface area contributed by atoms with Gasteiger partial charge in [0, 0.05) is 17.6 Å². The summed E-state index contributed by atoms with van der Waals surface area (Å²) in [6.45, 7) is 1.02. The topological polar surface area (TPSA) is 126 Å². The van der Waals surface area contributed by atoms with E-state index in [1.54, 1.807) is 41.8 Å². The van der Waals surface area contributed by atoms with Crippen LogP contribution in [0.4, 0.5) is 4.39 Å². The average molecular weight is 475 g/mol. The normalized spacial score (nSPS) is 12.4. The molecule has 10 heteroatoms. The van der Waals surface area contributed by atoms with Crippen LogP contribution < -0.4 is 5.32 Å². The van der Waals surface area contributed by atoms with Crippen LogP contribution in [0.2, 0.25) is 0 Å². The van der Waals surface area contributed by atoms with Gasteiger partial charge >= 0.3 is 5.97 Å². The largest absolute Gasteiger partial charge is 0.480 e. The summed E-state index contributed by atoms with van der Waals surface area (Å²) in [5.74, 6) is -2.35. The van der Waals surface area contributed by atoms with Gasteiger partial charge in [-0.15, -0.1) is 0 Å². The molecule has 0 saturated heterocycles. The molecule has 1 amide bonds. The number of rotatable bonds is 8. The molecular weight excluding hydrogens is 451 g/mol. The molecule has 0 aliphatic rings. The maximum absolute atomic E-state index is 13.5. The fraction of sp³-hybridized carbons (Fsp3) is 0.217. The summed E-state index contributed by atoms with van der Waals surface area (Å²) in [6, 6.07) is 12.3. The molecule has 3 N–H and O–H groups in total. The summed E-state index contributed by atoms with van der Waals surface area (Å²) in [5.41, 5.74) is 3.18. The zero-order valence-electron chi connectivity index (χ0n) is 17.9. The molecule has 0 radical (unpaired) electrons. The second-order valence-corrected chi connectivity index (χ2v) is 9.58. The molecule has 8 nitrogen and oxygen atoms in total. The van der Waals surface area contributed by atoms with Crippen molar-refractivity contribution in [3.05, 3.63) is 71.7 Å². The zero-order chi connectivity index (χ0) is 24.3. The first kappa shape index (κ1) is 24.1. The van der Waals surface area contributed by atoms with Gasteiger partial charge in [-0.1, -0.05) is 12.1 Å². The third-order valence-electron chi connectivity index (χ3n) is 5.18. The number of nitrogens with one attached hydrogen (secondary N) is 1. The van der Waals surface area contributed by atoms with E-state index in [4.69, 9.17) is 10.2 Å². The summed E-state index contributed by atoms with van der Waals surface area (Å²) in [6.07, 6.45) is 0.957. The number of carbonyl (C=O) groups is 2. The van der Waals surface area contributed by atoms with Gasteiger partial charge in [-0.05, 0) is 60.5 Å². The van der Waals surface area contributed by atoms with Crippen LogP contribution in [0.25, 0.3) is 16.9 Å². The first-order valence-corrected chi connectivity index (χ1v) is 11.8. The lowest BCUT2D eigenvalue weighted by atomic mass is 10.1. The molecule has 0 fully saturated rings. The Balaban J connectivity index is 2.05. The van der Waals surface area contributed by atoms with Crippen molar-refractivity contribution in [1.29, 1.82) is 0 Å². The summed E-state index contributed by atoms with van der Waals surface area (Å²) in [5, 5.41) is 20.4. The van der Waals surface area contributed by atoms with Crippen LogP contribution in [0.1, 0.15) is 11.3 Å². The second kappa shape index (κ2) is 9.55. The lowest BCUT2D eigenvalue weighted by Gasteiger charge is -2.13. The SMILES string of the molecule is Cc1c(CC(=O)N[C@@H](CO)C(=O)O)cc(-c2ccc(S(C)(=O)=O)cc2)n1-c1ccc(F)cc1. The van der Waals surface area contributed by atoms with Crippen LogP contribution in [0, 0.1) is 12.7 Å². The van der Waals surface area contributed by atoms with Gasteiger partial charge in [0.15, 0.2) is 9.84 Å². The van der Waals surface area contributed by atoms with E-state index in [1.165, 1.54) is 24.3 Å². The summed E-state index contributed by atoms with van der Waals surface area (Å²) in [7, 11) is -3.38. The highest BCUT2D eigenvalue weighted by Crippen LogP contribution is 2.30. The Morgan fingerprint density at radius 1 is 1.09 bits per heavy atom. The van der Waals surface area contributed by atoms with E-state index in [0.29, 0.717) is 28.2 Å². The van der Waals surface area contributed by atoms with Gasteiger partial charge in [-0.2, -0.15) is 0 Å². The van der Waals surface area contributed by atoms with Crippen LogP contribution in [-0.4, -0.2) is 54.0 Å². The van der Waals surface area contributed by atoms with E-state index in [0.717, 1.165) is 6.26 Å². The van der Waals surface area contributed by atoms with Crippen molar-refractivity contribution in [2.24, 2.45) is 0 Å². The van der Waals surface area contributed by atoms with Gasteiger partial charge in [0.05, 0.1) is 23.6 Å². The average Bonchev–Trinajstić information content (AvgIpc) is 3.07. The second-order valence-electron chi connectivity index (χ2n) is 7.57. The molecular formula is C23H23FN2O6S. The van der Waals surface area contributed by atoms with Gasteiger partial charge in [-0.3, -0.25) is 4.79 Å². The van der Waals surface area contributed by atoms with Crippen molar-refractivity contribution in [1.82, 2.24) is 9.88 Å². The quantitative estimate of drug-likeness (QED) is 0.459. The Labute approximate surface area is 190 Å². The highest BCUT2D eigenvalue weighted by Gasteiger charge is 2.22. The Hall–Kier alpha value is -3.50. The van der Waals surface area contributed by atoms with Gasteiger partial charge in [0.2, 0.25) is 5.91 Å². The molecule has 1 aromatic heterocycles. The number of aliphatic hydroxyl groups is 1. The third-order valence-corrected chi connectivity index (χ3v) is 6.31. The van der Waals surface area contributed by atoms with Gasteiger partial charge in [0.1, 0.15) is 11.9 Å².